The summed E-state index contributed by atoms with van der Waals surface area (Å²) in [6, 6.07) is 14.9. The number of hydrogen-bond acceptors (Lipinski definition) is 6. The Bertz CT molecular complexity index is 1050. The molecule has 1 heterocycles. The van der Waals surface area contributed by atoms with E-state index in [-0.39, 0.29) is 23.8 Å². The summed E-state index contributed by atoms with van der Waals surface area (Å²) < 4.78 is 11.0. The third-order valence-corrected chi connectivity index (χ3v) is 4.12. The summed E-state index contributed by atoms with van der Waals surface area (Å²) >= 11 is 0. The van der Waals surface area contributed by atoms with Crippen molar-refractivity contribution in [3.63, 3.8) is 0 Å². The van der Waals surface area contributed by atoms with Gasteiger partial charge in [0.15, 0.2) is 11.5 Å². The Morgan fingerprint density at radius 1 is 1.14 bits per heavy atom. The van der Waals surface area contributed by atoms with Gasteiger partial charge in [-0.3, -0.25) is 19.9 Å². The number of hydrogen-bond donors (Lipinski definition) is 0. The van der Waals surface area contributed by atoms with Crippen LogP contribution in [0.1, 0.15) is 21.5 Å². The zero-order valence-corrected chi connectivity index (χ0v) is 15.6. The van der Waals surface area contributed by atoms with Crippen LogP contribution in [0.2, 0.25) is 0 Å². The largest absolute Gasteiger partial charge is 0.496 e. The van der Waals surface area contributed by atoms with Crippen molar-refractivity contribution in [2.45, 2.75) is 6.61 Å². The number of methoxy groups -OCH3 is 1. The molecule has 0 saturated heterocycles. The minimum Gasteiger partial charge on any atom is -0.496 e. The number of ketones is 1. The quantitative estimate of drug-likeness (QED) is 0.244. The first-order valence-electron chi connectivity index (χ1n) is 8.74. The Kier molecular flexibility index (Phi) is 6.32. The Morgan fingerprint density at radius 2 is 1.97 bits per heavy atom. The van der Waals surface area contributed by atoms with Crippen LogP contribution in [0.4, 0.5) is 5.69 Å². The smallest absolute Gasteiger partial charge is 0.310 e. The highest BCUT2D eigenvalue weighted by Crippen LogP contribution is 2.28. The molecule has 7 nitrogen and oxygen atoms in total. The molecule has 0 amide bonds. The Morgan fingerprint density at radius 3 is 2.69 bits per heavy atom. The van der Waals surface area contributed by atoms with Gasteiger partial charge in [0, 0.05) is 29.6 Å². The standard InChI is InChI=1S/C22H18N2O5/c1-28-21-11-9-16(8-10-20(25)17-5-4-12-23-14-17)13-18(21)15-29-22-7-3-2-6-19(22)24(26)27/h2-14H,15H2,1H3/b10-8+. The molecule has 0 aliphatic carbocycles. The molecule has 29 heavy (non-hydrogen) atoms. The minimum absolute atomic E-state index is 0.0757. The van der Waals surface area contributed by atoms with Gasteiger partial charge in [0.25, 0.3) is 0 Å². The average molecular weight is 390 g/mol. The fraction of sp³-hybridized carbons (Fsp3) is 0.0909. The average Bonchev–Trinajstić information content (AvgIpc) is 2.76. The molecule has 0 aliphatic heterocycles. The van der Waals surface area contributed by atoms with Crippen molar-refractivity contribution in [2.75, 3.05) is 7.11 Å². The van der Waals surface area contributed by atoms with E-state index in [4.69, 9.17) is 9.47 Å². The van der Waals surface area contributed by atoms with Gasteiger partial charge in [-0.1, -0.05) is 24.3 Å². The summed E-state index contributed by atoms with van der Waals surface area (Å²) in [5, 5.41) is 11.1. The van der Waals surface area contributed by atoms with Gasteiger partial charge in [-0.25, -0.2) is 0 Å². The lowest BCUT2D eigenvalue weighted by Crippen LogP contribution is -2.01. The maximum Gasteiger partial charge on any atom is 0.310 e. The van der Waals surface area contributed by atoms with Crippen molar-refractivity contribution in [2.24, 2.45) is 0 Å². The van der Waals surface area contributed by atoms with Crippen LogP contribution in [-0.2, 0) is 6.61 Å². The Labute approximate surface area is 167 Å². The number of allylic oxidation sites excluding steroid dienone is 1. The van der Waals surface area contributed by atoms with Crippen LogP contribution in [0.5, 0.6) is 11.5 Å². The number of carbonyl (C=O) groups excluding carboxylic acids is 1. The number of nitro groups is 1. The van der Waals surface area contributed by atoms with E-state index in [0.29, 0.717) is 16.9 Å². The minimum atomic E-state index is -0.490. The molecule has 1 aromatic heterocycles. The maximum atomic E-state index is 12.2. The van der Waals surface area contributed by atoms with E-state index >= 15 is 0 Å². The fourth-order valence-corrected chi connectivity index (χ4v) is 2.68. The zero-order chi connectivity index (χ0) is 20.6. The number of benzene rings is 2. The molecule has 2 aromatic carbocycles. The van der Waals surface area contributed by atoms with Gasteiger partial charge in [0.1, 0.15) is 12.4 Å². The molecule has 7 heteroatoms. The molecule has 0 unspecified atom stereocenters. The highest BCUT2D eigenvalue weighted by Gasteiger charge is 2.14. The zero-order valence-electron chi connectivity index (χ0n) is 15.6. The topological polar surface area (TPSA) is 91.6 Å². The predicted octanol–water partition coefficient (Wildman–Crippen LogP) is 4.47. The Balaban J connectivity index is 1.78. The molecule has 0 bridgehead atoms. The van der Waals surface area contributed by atoms with Gasteiger partial charge >= 0.3 is 5.69 Å². The molecule has 0 radical (unpaired) electrons. The van der Waals surface area contributed by atoms with Crippen molar-refractivity contribution < 1.29 is 19.2 Å². The normalized spacial score (nSPS) is 10.7. The van der Waals surface area contributed by atoms with Gasteiger partial charge in [-0.2, -0.15) is 0 Å². The molecule has 0 aliphatic rings. The summed E-state index contributed by atoms with van der Waals surface area (Å²) in [7, 11) is 1.53. The number of nitro benzene ring substituents is 1. The van der Waals surface area contributed by atoms with Crippen molar-refractivity contribution in [3.05, 3.63) is 99.9 Å². The summed E-state index contributed by atoms with van der Waals surface area (Å²) in [4.78, 5) is 26.8. The first-order chi connectivity index (χ1) is 14.1. The number of carbonyl (C=O) groups is 1. The second-order valence-electron chi connectivity index (χ2n) is 6.02. The molecule has 3 aromatic rings. The van der Waals surface area contributed by atoms with Crippen LogP contribution >= 0.6 is 0 Å². The molecule has 0 saturated carbocycles. The molecule has 3 rings (SSSR count). The number of rotatable bonds is 8. The summed E-state index contributed by atoms with van der Waals surface area (Å²) in [6.45, 7) is 0.0757. The molecule has 0 N–H and O–H groups in total. The number of nitrogens with zero attached hydrogens (tertiary/aromatic N) is 2. The summed E-state index contributed by atoms with van der Waals surface area (Å²) in [5.41, 5.74) is 1.85. The van der Waals surface area contributed by atoms with E-state index in [0.717, 1.165) is 5.56 Å². The van der Waals surface area contributed by atoms with E-state index in [1.54, 1.807) is 60.8 Å². The lowest BCUT2D eigenvalue weighted by Gasteiger charge is -2.11. The van der Waals surface area contributed by atoms with Gasteiger partial charge in [0.05, 0.1) is 12.0 Å². The van der Waals surface area contributed by atoms with Crippen molar-refractivity contribution in [1.29, 1.82) is 0 Å². The maximum absolute atomic E-state index is 12.2. The fourth-order valence-electron chi connectivity index (χ4n) is 2.68. The number of ether oxygens (including phenoxy) is 2. The second kappa shape index (κ2) is 9.27. The molecule has 146 valence electrons. The Hall–Kier alpha value is -4.00. The van der Waals surface area contributed by atoms with E-state index < -0.39 is 4.92 Å². The van der Waals surface area contributed by atoms with Crippen LogP contribution in [0.25, 0.3) is 6.08 Å². The summed E-state index contributed by atoms with van der Waals surface area (Å²) in [5.74, 6) is 0.596. The summed E-state index contributed by atoms with van der Waals surface area (Å²) in [6.07, 6.45) is 6.26. The van der Waals surface area contributed by atoms with E-state index in [1.807, 2.05) is 0 Å². The van der Waals surface area contributed by atoms with Crippen molar-refractivity contribution in [1.82, 2.24) is 4.98 Å². The van der Waals surface area contributed by atoms with Crippen LogP contribution in [0.15, 0.2) is 73.1 Å². The predicted molar refractivity (Wildman–Crippen MR) is 108 cm³/mol. The highest BCUT2D eigenvalue weighted by atomic mass is 16.6. The number of para-hydroxylation sites is 2. The molecular formula is C22H18N2O5. The number of aromatic nitrogens is 1. The first kappa shape index (κ1) is 19.8. The third kappa shape index (κ3) is 5.04. The van der Waals surface area contributed by atoms with E-state index in [9.17, 15) is 14.9 Å². The van der Waals surface area contributed by atoms with Crippen molar-refractivity contribution in [3.8, 4) is 11.5 Å². The monoisotopic (exact) mass is 390 g/mol. The van der Waals surface area contributed by atoms with E-state index in [1.165, 1.54) is 25.4 Å². The van der Waals surface area contributed by atoms with Gasteiger partial charge in [0.2, 0.25) is 0 Å². The molecule has 0 fully saturated rings. The van der Waals surface area contributed by atoms with Gasteiger partial charge in [-0.15, -0.1) is 0 Å². The number of pyridine rings is 1. The lowest BCUT2D eigenvalue weighted by atomic mass is 10.1. The van der Waals surface area contributed by atoms with Crippen molar-refractivity contribution >= 4 is 17.5 Å². The van der Waals surface area contributed by atoms with Crippen LogP contribution in [-0.4, -0.2) is 22.8 Å². The lowest BCUT2D eigenvalue weighted by molar-refractivity contribution is -0.385. The van der Waals surface area contributed by atoms with Crippen LogP contribution in [0, 0.1) is 10.1 Å². The highest BCUT2D eigenvalue weighted by molar-refractivity contribution is 6.06. The van der Waals surface area contributed by atoms with Gasteiger partial charge in [-0.05, 0) is 42.0 Å². The van der Waals surface area contributed by atoms with E-state index in [2.05, 4.69) is 4.98 Å². The van der Waals surface area contributed by atoms with Crippen LogP contribution < -0.4 is 9.47 Å². The van der Waals surface area contributed by atoms with Crippen LogP contribution in [0.3, 0.4) is 0 Å². The van der Waals surface area contributed by atoms with Gasteiger partial charge < -0.3 is 9.47 Å². The third-order valence-electron chi connectivity index (χ3n) is 4.12. The second-order valence-corrected chi connectivity index (χ2v) is 6.02. The molecule has 0 spiro atoms. The SMILES string of the molecule is COc1ccc(/C=C/C(=O)c2cccnc2)cc1COc1ccccc1[N+](=O)[O-]. The molecular weight excluding hydrogens is 372 g/mol. The first-order valence-corrected chi connectivity index (χ1v) is 8.74. The molecule has 0 atom stereocenters.